The number of nitrogens with one attached hydrogen (secondary N) is 1. The highest BCUT2D eigenvalue weighted by Gasteiger charge is 2.20. The molecule has 0 aliphatic carbocycles. The second kappa shape index (κ2) is 9.78. The molecule has 0 amide bonds. The van der Waals surface area contributed by atoms with Crippen LogP contribution in [0.4, 0.5) is 10.1 Å². The second-order valence-electron chi connectivity index (χ2n) is 6.76. The summed E-state index contributed by atoms with van der Waals surface area (Å²) >= 11 is 0. The Balaban J connectivity index is 1.67. The molecule has 29 heavy (non-hydrogen) atoms. The van der Waals surface area contributed by atoms with E-state index in [1.54, 1.807) is 13.2 Å². The van der Waals surface area contributed by atoms with Gasteiger partial charge in [-0.1, -0.05) is 6.07 Å². The maximum atomic E-state index is 14.1. The van der Waals surface area contributed by atoms with Crippen molar-refractivity contribution in [1.82, 2.24) is 10.2 Å². The molecule has 1 fully saturated rings. The summed E-state index contributed by atoms with van der Waals surface area (Å²) in [7, 11) is 1.67. The van der Waals surface area contributed by atoms with E-state index < -0.39 is 0 Å². The van der Waals surface area contributed by atoms with Gasteiger partial charge in [0.1, 0.15) is 11.6 Å². The Hall–Kier alpha value is -3.27. The van der Waals surface area contributed by atoms with E-state index in [-0.39, 0.29) is 12.4 Å². The van der Waals surface area contributed by atoms with E-state index in [1.165, 1.54) is 12.1 Å². The zero-order chi connectivity index (χ0) is 20.6. The van der Waals surface area contributed by atoms with Gasteiger partial charge in [-0.3, -0.25) is 0 Å². The minimum Gasteiger partial charge on any atom is -0.497 e. The van der Waals surface area contributed by atoms with Crippen LogP contribution in [0.3, 0.4) is 0 Å². The Morgan fingerprint density at radius 2 is 2.00 bits per heavy atom. The van der Waals surface area contributed by atoms with Crippen LogP contribution < -0.4 is 15.0 Å². The van der Waals surface area contributed by atoms with E-state index in [4.69, 9.17) is 10.00 Å². The van der Waals surface area contributed by atoms with E-state index in [2.05, 4.69) is 26.2 Å². The average molecular weight is 395 g/mol. The minimum atomic E-state index is -0.341. The summed E-state index contributed by atoms with van der Waals surface area (Å²) in [4.78, 5) is 9.12. The van der Waals surface area contributed by atoms with Crippen molar-refractivity contribution in [3.63, 3.8) is 0 Å². The molecule has 1 N–H and O–H groups in total. The largest absolute Gasteiger partial charge is 0.497 e. The maximum Gasteiger partial charge on any atom is 0.194 e. The molecule has 2 aromatic carbocycles. The predicted molar refractivity (Wildman–Crippen MR) is 113 cm³/mol. The van der Waals surface area contributed by atoms with Crippen LogP contribution >= 0.6 is 0 Å². The summed E-state index contributed by atoms with van der Waals surface area (Å²) in [6, 6.07) is 14.5. The SMILES string of the molecule is CCNC(=NCc1cc(C#N)ccc1F)N1CCN(c2cccc(OC)c2)CC1. The van der Waals surface area contributed by atoms with Gasteiger partial charge in [-0.25, -0.2) is 9.38 Å². The molecule has 1 heterocycles. The smallest absolute Gasteiger partial charge is 0.194 e. The van der Waals surface area contributed by atoms with Crippen molar-refractivity contribution < 1.29 is 9.13 Å². The lowest BCUT2D eigenvalue weighted by Crippen LogP contribution is -2.52. The fourth-order valence-electron chi connectivity index (χ4n) is 3.33. The zero-order valence-corrected chi connectivity index (χ0v) is 16.9. The average Bonchev–Trinajstić information content (AvgIpc) is 2.77. The van der Waals surface area contributed by atoms with Gasteiger partial charge in [0.25, 0.3) is 0 Å². The van der Waals surface area contributed by atoms with Crippen LogP contribution in [-0.4, -0.2) is 50.7 Å². The number of nitriles is 1. The lowest BCUT2D eigenvalue weighted by atomic mass is 10.1. The Morgan fingerprint density at radius 1 is 1.21 bits per heavy atom. The fraction of sp³-hybridized carbons (Fsp3) is 0.364. The summed E-state index contributed by atoms with van der Waals surface area (Å²) in [6.07, 6.45) is 0. The lowest BCUT2D eigenvalue weighted by Gasteiger charge is -2.37. The summed E-state index contributed by atoms with van der Waals surface area (Å²) < 4.78 is 19.4. The maximum absolute atomic E-state index is 14.1. The van der Waals surface area contributed by atoms with Gasteiger partial charge in [-0.2, -0.15) is 5.26 Å². The van der Waals surface area contributed by atoms with Gasteiger partial charge in [0.05, 0.1) is 25.3 Å². The van der Waals surface area contributed by atoms with Crippen LogP contribution in [0.2, 0.25) is 0 Å². The molecular weight excluding hydrogens is 369 g/mol. The number of benzene rings is 2. The van der Waals surface area contributed by atoms with Gasteiger partial charge >= 0.3 is 0 Å². The van der Waals surface area contributed by atoms with Crippen molar-refractivity contribution in [1.29, 1.82) is 5.26 Å². The minimum absolute atomic E-state index is 0.194. The molecule has 0 unspecified atom stereocenters. The topological polar surface area (TPSA) is 63.9 Å². The first-order chi connectivity index (χ1) is 14.1. The van der Waals surface area contributed by atoms with Crippen LogP contribution in [0.5, 0.6) is 5.75 Å². The number of nitrogens with zero attached hydrogens (tertiary/aromatic N) is 4. The molecule has 7 heteroatoms. The lowest BCUT2D eigenvalue weighted by molar-refractivity contribution is 0.371. The van der Waals surface area contributed by atoms with E-state index in [9.17, 15) is 4.39 Å². The summed E-state index contributed by atoms with van der Waals surface area (Å²) in [6.45, 7) is 6.27. The number of methoxy groups -OCH3 is 1. The van der Waals surface area contributed by atoms with Crippen molar-refractivity contribution in [2.75, 3.05) is 44.7 Å². The summed E-state index contributed by atoms with van der Waals surface area (Å²) in [5.41, 5.74) is 2.00. The first kappa shape index (κ1) is 20.5. The van der Waals surface area contributed by atoms with Crippen LogP contribution in [0.15, 0.2) is 47.5 Å². The van der Waals surface area contributed by atoms with Crippen molar-refractivity contribution in [3.8, 4) is 11.8 Å². The molecule has 0 spiro atoms. The molecule has 6 nitrogen and oxygen atoms in total. The first-order valence-corrected chi connectivity index (χ1v) is 9.75. The molecule has 0 bridgehead atoms. The number of halogens is 1. The molecule has 152 valence electrons. The number of hydrogen-bond acceptors (Lipinski definition) is 4. The van der Waals surface area contributed by atoms with Crippen molar-refractivity contribution in [2.24, 2.45) is 4.99 Å². The highest BCUT2D eigenvalue weighted by molar-refractivity contribution is 5.80. The zero-order valence-electron chi connectivity index (χ0n) is 16.9. The van der Waals surface area contributed by atoms with Gasteiger partial charge in [-0.05, 0) is 37.3 Å². The van der Waals surface area contributed by atoms with E-state index in [0.29, 0.717) is 11.1 Å². The van der Waals surface area contributed by atoms with E-state index in [0.717, 1.165) is 50.1 Å². The molecule has 0 atom stereocenters. The van der Waals surface area contributed by atoms with Gasteiger partial charge in [0, 0.05) is 50.0 Å². The molecule has 3 rings (SSSR count). The molecule has 1 aliphatic heterocycles. The highest BCUT2D eigenvalue weighted by Crippen LogP contribution is 2.22. The molecule has 0 aromatic heterocycles. The standard InChI is InChI=1S/C22H26FN5O/c1-3-25-22(26-16-18-13-17(15-24)7-8-21(18)23)28-11-9-27(10-12-28)19-5-4-6-20(14-19)29-2/h4-8,13-14H,3,9-12,16H2,1-2H3,(H,25,26). The monoisotopic (exact) mass is 395 g/mol. The number of rotatable bonds is 5. The van der Waals surface area contributed by atoms with Crippen molar-refractivity contribution >= 4 is 11.6 Å². The third-order valence-electron chi connectivity index (χ3n) is 4.91. The normalized spacial score (nSPS) is 14.5. The van der Waals surface area contributed by atoms with E-state index >= 15 is 0 Å². The van der Waals surface area contributed by atoms with E-state index in [1.807, 2.05) is 31.2 Å². The van der Waals surface area contributed by atoms with Gasteiger partial charge < -0.3 is 19.9 Å². The first-order valence-electron chi connectivity index (χ1n) is 9.75. The van der Waals surface area contributed by atoms with Crippen LogP contribution in [0, 0.1) is 17.1 Å². The third-order valence-corrected chi connectivity index (χ3v) is 4.91. The van der Waals surface area contributed by atoms with Crippen molar-refractivity contribution in [3.05, 3.63) is 59.4 Å². The number of aliphatic imine (C=N–C) groups is 1. The highest BCUT2D eigenvalue weighted by atomic mass is 19.1. The quantitative estimate of drug-likeness (QED) is 0.623. The number of guanidine groups is 1. The van der Waals surface area contributed by atoms with Gasteiger partial charge in [0.2, 0.25) is 0 Å². The van der Waals surface area contributed by atoms with Gasteiger partial charge in [0.15, 0.2) is 5.96 Å². The Kier molecular flexibility index (Phi) is 6.90. The van der Waals surface area contributed by atoms with Crippen LogP contribution in [0.25, 0.3) is 0 Å². The number of hydrogen-bond donors (Lipinski definition) is 1. The fourth-order valence-corrected chi connectivity index (χ4v) is 3.33. The Morgan fingerprint density at radius 3 is 2.69 bits per heavy atom. The number of piperazine rings is 1. The van der Waals surface area contributed by atoms with Gasteiger partial charge in [-0.15, -0.1) is 0 Å². The molecule has 0 saturated carbocycles. The molecule has 1 saturated heterocycles. The predicted octanol–water partition coefficient (Wildman–Crippen LogP) is 2.99. The Bertz CT molecular complexity index is 900. The summed E-state index contributed by atoms with van der Waals surface area (Å²) in [5.74, 6) is 1.27. The van der Waals surface area contributed by atoms with Crippen LogP contribution in [-0.2, 0) is 6.54 Å². The number of anilines is 1. The molecule has 2 aromatic rings. The van der Waals surface area contributed by atoms with Crippen LogP contribution in [0.1, 0.15) is 18.1 Å². The second-order valence-corrected chi connectivity index (χ2v) is 6.76. The van der Waals surface area contributed by atoms with Crippen molar-refractivity contribution in [2.45, 2.75) is 13.5 Å². The number of ether oxygens (including phenoxy) is 1. The summed E-state index contributed by atoms with van der Waals surface area (Å²) in [5, 5.41) is 12.3. The third kappa shape index (κ3) is 5.17. The molecule has 1 aliphatic rings. The Labute approximate surface area is 171 Å². The molecule has 0 radical (unpaired) electrons. The molecular formula is C22H26FN5O.